The van der Waals surface area contributed by atoms with Crippen LogP contribution >= 0.6 is 0 Å². The van der Waals surface area contributed by atoms with Crippen LogP contribution in [0.1, 0.15) is 42.0 Å². The van der Waals surface area contributed by atoms with Crippen molar-refractivity contribution in [2.45, 2.75) is 43.2 Å². The summed E-state index contributed by atoms with van der Waals surface area (Å²) in [5.74, 6) is 1.62. The molecule has 3 atom stereocenters. The summed E-state index contributed by atoms with van der Waals surface area (Å²) in [7, 11) is 5.60. The molecule has 4 rings (SSSR count). The van der Waals surface area contributed by atoms with Crippen molar-refractivity contribution >= 4 is 0 Å². The van der Waals surface area contributed by atoms with E-state index in [0.29, 0.717) is 6.04 Å². The summed E-state index contributed by atoms with van der Waals surface area (Å²) in [5.41, 5.74) is 3.69. The third-order valence-corrected chi connectivity index (χ3v) is 6.09. The van der Waals surface area contributed by atoms with E-state index in [-0.39, 0.29) is 5.41 Å². The van der Waals surface area contributed by atoms with Crippen LogP contribution in [-0.2, 0) is 11.8 Å². The van der Waals surface area contributed by atoms with E-state index in [1.807, 2.05) is 6.08 Å². The highest BCUT2D eigenvalue weighted by molar-refractivity contribution is 5.63. The molecule has 1 spiro atoms. The van der Waals surface area contributed by atoms with Crippen molar-refractivity contribution in [3.8, 4) is 11.5 Å². The number of hydrogen-bond acceptors (Lipinski definition) is 4. The van der Waals surface area contributed by atoms with Crippen molar-refractivity contribution in [2.24, 2.45) is 0 Å². The number of benzene rings is 1. The second-order valence-electron chi connectivity index (χ2n) is 7.08. The zero-order valence-electron chi connectivity index (χ0n) is 14.1. The van der Waals surface area contributed by atoms with Crippen LogP contribution in [0.15, 0.2) is 18.2 Å². The van der Waals surface area contributed by atoms with Gasteiger partial charge >= 0.3 is 0 Å². The number of aliphatic hydroxyl groups excluding tert-OH is 1. The van der Waals surface area contributed by atoms with Gasteiger partial charge in [0.2, 0.25) is 0 Å². The van der Waals surface area contributed by atoms with Crippen LogP contribution in [0.3, 0.4) is 0 Å². The third-order valence-electron chi connectivity index (χ3n) is 6.09. The summed E-state index contributed by atoms with van der Waals surface area (Å²) in [6, 6.07) is 2.51. The van der Waals surface area contributed by atoms with Crippen molar-refractivity contribution in [2.75, 3.05) is 27.8 Å². The summed E-state index contributed by atoms with van der Waals surface area (Å²) in [6.45, 7) is 1.05. The van der Waals surface area contributed by atoms with E-state index in [1.54, 1.807) is 14.2 Å². The number of methoxy groups -OCH3 is 2. The fourth-order valence-electron chi connectivity index (χ4n) is 4.92. The van der Waals surface area contributed by atoms with Crippen molar-refractivity contribution < 1.29 is 14.6 Å². The minimum Gasteiger partial charge on any atom is -0.493 e. The van der Waals surface area contributed by atoms with Crippen LogP contribution in [0.4, 0.5) is 0 Å². The Balaban J connectivity index is 2.02. The molecule has 1 heterocycles. The number of fused-ring (bicyclic) bond motifs is 1. The molecule has 0 saturated carbocycles. The molecule has 4 nitrogen and oxygen atoms in total. The Morgan fingerprint density at radius 1 is 1.30 bits per heavy atom. The Hall–Kier alpha value is -1.52. The highest BCUT2D eigenvalue weighted by atomic mass is 16.5. The Kier molecular flexibility index (Phi) is 3.43. The third kappa shape index (κ3) is 1.91. The minimum absolute atomic E-state index is 0.248. The molecule has 1 aromatic carbocycles. The van der Waals surface area contributed by atoms with Crippen LogP contribution in [0.5, 0.6) is 11.5 Å². The van der Waals surface area contributed by atoms with Crippen LogP contribution in [-0.4, -0.2) is 43.9 Å². The van der Waals surface area contributed by atoms with Gasteiger partial charge in [0.1, 0.15) is 0 Å². The zero-order valence-corrected chi connectivity index (χ0v) is 14.1. The minimum atomic E-state index is -0.458. The molecule has 0 amide bonds. The van der Waals surface area contributed by atoms with Crippen LogP contribution < -0.4 is 9.47 Å². The summed E-state index contributed by atoms with van der Waals surface area (Å²) in [4.78, 5) is 2.43. The lowest BCUT2D eigenvalue weighted by molar-refractivity contribution is 0.0874. The van der Waals surface area contributed by atoms with E-state index >= 15 is 0 Å². The quantitative estimate of drug-likeness (QED) is 0.852. The maximum Gasteiger partial charge on any atom is 0.164 e. The van der Waals surface area contributed by atoms with Gasteiger partial charge in [-0.25, -0.2) is 0 Å². The molecule has 0 radical (unpaired) electrons. The first-order valence-corrected chi connectivity index (χ1v) is 8.45. The average molecular weight is 315 g/mol. The summed E-state index contributed by atoms with van der Waals surface area (Å²) < 4.78 is 11.4. The first-order valence-electron chi connectivity index (χ1n) is 8.45. The SMILES string of the molecule is COc1cc2c3c(c1OC)C1(CCC=CC1O)CC3N(C)CC2. The molecule has 0 bridgehead atoms. The van der Waals surface area contributed by atoms with E-state index in [9.17, 15) is 5.11 Å². The molecule has 0 saturated heterocycles. The maximum atomic E-state index is 10.9. The number of ether oxygens (including phenoxy) is 2. The lowest BCUT2D eigenvalue weighted by atomic mass is 9.70. The van der Waals surface area contributed by atoms with E-state index in [4.69, 9.17) is 9.47 Å². The van der Waals surface area contributed by atoms with Gasteiger partial charge in [0.25, 0.3) is 0 Å². The lowest BCUT2D eigenvalue weighted by Gasteiger charge is -2.37. The molecule has 1 aromatic rings. The van der Waals surface area contributed by atoms with E-state index < -0.39 is 6.10 Å². The predicted molar refractivity (Wildman–Crippen MR) is 89.3 cm³/mol. The van der Waals surface area contributed by atoms with Gasteiger partial charge < -0.3 is 14.6 Å². The second kappa shape index (κ2) is 5.25. The van der Waals surface area contributed by atoms with Gasteiger partial charge in [0, 0.05) is 23.6 Å². The predicted octanol–water partition coefficient (Wildman–Crippen LogP) is 2.59. The van der Waals surface area contributed by atoms with Crippen LogP contribution in [0.2, 0.25) is 0 Å². The topological polar surface area (TPSA) is 41.9 Å². The van der Waals surface area contributed by atoms with Crippen molar-refractivity contribution in [3.05, 3.63) is 34.9 Å². The highest BCUT2D eigenvalue weighted by Crippen LogP contribution is 2.60. The summed E-state index contributed by atoms with van der Waals surface area (Å²) in [6.07, 6.45) is 7.55. The van der Waals surface area contributed by atoms with Crippen molar-refractivity contribution in [3.63, 3.8) is 0 Å². The summed E-state index contributed by atoms with van der Waals surface area (Å²) in [5, 5.41) is 10.9. The van der Waals surface area contributed by atoms with Crippen LogP contribution in [0, 0.1) is 0 Å². The Morgan fingerprint density at radius 3 is 2.83 bits per heavy atom. The molecule has 1 aliphatic heterocycles. The molecule has 1 N–H and O–H groups in total. The fraction of sp³-hybridized carbons (Fsp3) is 0.579. The van der Waals surface area contributed by atoms with Crippen molar-refractivity contribution in [1.29, 1.82) is 0 Å². The standard InChI is InChI=1S/C19H25NO3/c1-20-9-7-12-10-14(22-2)18(23-3)17-16(12)13(20)11-19(17)8-5-4-6-15(19)21/h4,6,10,13,15,21H,5,7-9,11H2,1-3H3. The van der Waals surface area contributed by atoms with Gasteiger partial charge in [-0.15, -0.1) is 0 Å². The maximum absolute atomic E-state index is 10.9. The van der Waals surface area contributed by atoms with Gasteiger partial charge in [0.15, 0.2) is 11.5 Å². The number of likely N-dealkylation sites (N-methyl/N-ethyl adjacent to an activating group) is 1. The van der Waals surface area contributed by atoms with Gasteiger partial charge in [0.05, 0.1) is 20.3 Å². The molecule has 124 valence electrons. The molecule has 2 aliphatic carbocycles. The zero-order chi connectivity index (χ0) is 16.2. The van der Waals surface area contributed by atoms with Gasteiger partial charge in [-0.3, -0.25) is 4.90 Å². The molecular formula is C19H25NO3. The smallest absolute Gasteiger partial charge is 0.164 e. The number of nitrogens with zero attached hydrogens (tertiary/aromatic N) is 1. The first kappa shape index (κ1) is 15.0. The van der Waals surface area contributed by atoms with E-state index in [0.717, 1.165) is 43.7 Å². The van der Waals surface area contributed by atoms with Crippen molar-refractivity contribution in [1.82, 2.24) is 4.90 Å². The van der Waals surface area contributed by atoms with Gasteiger partial charge in [-0.1, -0.05) is 12.2 Å². The Morgan fingerprint density at radius 2 is 2.13 bits per heavy atom. The number of hydrogen-bond donors (Lipinski definition) is 1. The molecule has 23 heavy (non-hydrogen) atoms. The normalized spacial score (nSPS) is 32.2. The largest absolute Gasteiger partial charge is 0.493 e. The molecule has 0 fully saturated rings. The Labute approximate surface area is 137 Å². The molecule has 3 aliphatic rings. The van der Waals surface area contributed by atoms with Gasteiger partial charge in [-0.05, 0) is 49.9 Å². The second-order valence-corrected chi connectivity index (χ2v) is 7.08. The van der Waals surface area contributed by atoms with E-state index in [1.165, 1.54) is 16.7 Å². The number of allylic oxidation sites excluding steroid dienone is 1. The monoisotopic (exact) mass is 315 g/mol. The van der Waals surface area contributed by atoms with Gasteiger partial charge in [-0.2, -0.15) is 0 Å². The molecule has 3 unspecified atom stereocenters. The number of aliphatic hydroxyl groups is 1. The Bertz CT molecular complexity index is 669. The molecule has 0 aromatic heterocycles. The highest BCUT2D eigenvalue weighted by Gasteiger charge is 2.53. The first-order chi connectivity index (χ1) is 11.1. The molecule has 4 heteroatoms. The summed E-state index contributed by atoms with van der Waals surface area (Å²) >= 11 is 0. The van der Waals surface area contributed by atoms with Crippen LogP contribution in [0.25, 0.3) is 0 Å². The number of rotatable bonds is 2. The fourth-order valence-corrected chi connectivity index (χ4v) is 4.92. The average Bonchev–Trinajstić information content (AvgIpc) is 2.91. The lowest BCUT2D eigenvalue weighted by Crippen LogP contribution is -2.39. The van der Waals surface area contributed by atoms with E-state index in [2.05, 4.69) is 24.1 Å². The molecular weight excluding hydrogens is 290 g/mol.